The molecule has 0 aliphatic heterocycles. The molecule has 0 bridgehead atoms. The summed E-state index contributed by atoms with van der Waals surface area (Å²) in [6.45, 7) is 2.78. The van der Waals surface area contributed by atoms with Crippen molar-refractivity contribution in [3.8, 4) is 0 Å². The van der Waals surface area contributed by atoms with Gasteiger partial charge < -0.3 is 20.8 Å². The van der Waals surface area contributed by atoms with Gasteiger partial charge in [-0.05, 0) is 32.6 Å². The maximum atomic E-state index is 11.6. The van der Waals surface area contributed by atoms with Crippen LogP contribution in [0.5, 0.6) is 0 Å². The Morgan fingerprint density at radius 2 is 1.94 bits per heavy atom. The first-order valence-corrected chi connectivity index (χ1v) is 6.33. The maximum Gasteiger partial charge on any atom is 0.337 e. The fourth-order valence-corrected chi connectivity index (χ4v) is 2.16. The molecule has 0 spiro atoms. The predicted octanol–water partition coefficient (Wildman–Crippen LogP) is 0.700. The zero-order valence-corrected chi connectivity index (χ0v) is 10.9. The van der Waals surface area contributed by atoms with Crippen LogP contribution in [0.2, 0.25) is 0 Å². The van der Waals surface area contributed by atoms with Crippen LogP contribution in [0, 0.1) is 5.92 Å². The van der Waals surface area contributed by atoms with E-state index in [4.69, 9.17) is 5.11 Å². The highest BCUT2D eigenvalue weighted by Gasteiger charge is 2.30. The highest BCUT2D eigenvalue weighted by atomic mass is 16.4. The van der Waals surface area contributed by atoms with Crippen LogP contribution in [-0.2, 0) is 4.79 Å². The molecule has 1 aliphatic rings. The van der Waals surface area contributed by atoms with Gasteiger partial charge in [-0.2, -0.15) is 0 Å². The van der Waals surface area contributed by atoms with E-state index < -0.39 is 17.6 Å². The average Bonchev–Trinajstić information content (AvgIpc) is 2.79. The molecule has 2 amide bonds. The van der Waals surface area contributed by atoms with Crippen molar-refractivity contribution in [1.82, 2.24) is 10.6 Å². The number of aliphatic carboxylic acids is 1. The molecule has 1 aliphatic carbocycles. The van der Waals surface area contributed by atoms with Crippen LogP contribution in [0.15, 0.2) is 0 Å². The summed E-state index contributed by atoms with van der Waals surface area (Å²) in [5.41, 5.74) is -1.94. The van der Waals surface area contributed by atoms with Gasteiger partial charge in [-0.3, -0.25) is 0 Å². The van der Waals surface area contributed by atoms with Crippen LogP contribution < -0.4 is 10.6 Å². The Morgan fingerprint density at radius 1 is 1.39 bits per heavy atom. The fraction of sp³-hybridized carbons (Fsp3) is 0.833. The first-order valence-electron chi connectivity index (χ1n) is 6.33. The van der Waals surface area contributed by atoms with Gasteiger partial charge in [-0.1, -0.05) is 12.8 Å². The maximum absolute atomic E-state index is 11.6. The van der Waals surface area contributed by atoms with Crippen LogP contribution in [0.4, 0.5) is 4.79 Å². The summed E-state index contributed by atoms with van der Waals surface area (Å²) in [5, 5.41) is 23.3. The number of amides is 2. The molecule has 104 valence electrons. The molecule has 0 aromatic carbocycles. The van der Waals surface area contributed by atoms with Crippen molar-refractivity contribution in [1.29, 1.82) is 0 Å². The molecular formula is C12H22N2O4. The van der Waals surface area contributed by atoms with Crippen LogP contribution in [0.25, 0.3) is 0 Å². The molecule has 4 N–H and O–H groups in total. The topological polar surface area (TPSA) is 98.7 Å². The van der Waals surface area contributed by atoms with Gasteiger partial charge >= 0.3 is 12.0 Å². The van der Waals surface area contributed by atoms with Gasteiger partial charge in [-0.15, -0.1) is 0 Å². The van der Waals surface area contributed by atoms with Gasteiger partial charge in [0.2, 0.25) is 0 Å². The van der Waals surface area contributed by atoms with Gasteiger partial charge in [0.05, 0.1) is 6.54 Å². The molecule has 6 heteroatoms. The van der Waals surface area contributed by atoms with E-state index in [0.29, 0.717) is 5.92 Å². The SMILES string of the molecule is CC(NC(=O)NCC(C)(O)C(=O)O)C1CCCC1. The van der Waals surface area contributed by atoms with Gasteiger partial charge in [0.15, 0.2) is 5.60 Å². The number of hydrogen-bond donors (Lipinski definition) is 4. The molecule has 2 atom stereocenters. The number of carbonyl (C=O) groups excluding carboxylic acids is 1. The Morgan fingerprint density at radius 3 is 2.44 bits per heavy atom. The number of hydrogen-bond acceptors (Lipinski definition) is 3. The molecule has 2 unspecified atom stereocenters. The minimum absolute atomic E-state index is 0.0716. The van der Waals surface area contributed by atoms with E-state index in [-0.39, 0.29) is 12.6 Å². The van der Waals surface area contributed by atoms with Gasteiger partial charge in [0.25, 0.3) is 0 Å². The van der Waals surface area contributed by atoms with Crippen LogP contribution in [-0.4, -0.2) is 40.4 Å². The molecule has 6 nitrogen and oxygen atoms in total. The third-order valence-electron chi connectivity index (χ3n) is 3.52. The molecule has 0 radical (unpaired) electrons. The molecule has 0 saturated heterocycles. The molecule has 0 aromatic rings. The smallest absolute Gasteiger partial charge is 0.337 e. The van der Waals surface area contributed by atoms with E-state index in [1.807, 2.05) is 6.92 Å². The largest absolute Gasteiger partial charge is 0.479 e. The lowest BCUT2D eigenvalue weighted by Crippen LogP contribution is -2.51. The van der Waals surface area contributed by atoms with E-state index in [1.54, 1.807) is 0 Å². The lowest BCUT2D eigenvalue weighted by atomic mass is 10.0. The van der Waals surface area contributed by atoms with E-state index in [9.17, 15) is 14.7 Å². The molecule has 18 heavy (non-hydrogen) atoms. The standard InChI is InChI=1S/C12H22N2O4/c1-8(9-5-3-4-6-9)14-11(17)13-7-12(2,18)10(15)16/h8-9,18H,3-7H2,1-2H3,(H,15,16)(H2,13,14,17). The molecule has 1 saturated carbocycles. The quantitative estimate of drug-likeness (QED) is 0.583. The number of carbonyl (C=O) groups is 2. The zero-order valence-electron chi connectivity index (χ0n) is 10.9. The molecule has 1 rings (SSSR count). The lowest BCUT2D eigenvalue weighted by Gasteiger charge is -2.22. The summed E-state index contributed by atoms with van der Waals surface area (Å²) in [6.07, 6.45) is 4.64. The van der Waals surface area contributed by atoms with Crippen molar-refractivity contribution >= 4 is 12.0 Å². The average molecular weight is 258 g/mol. The fourth-order valence-electron chi connectivity index (χ4n) is 2.16. The summed E-state index contributed by atoms with van der Waals surface area (Å²) < 4.78 is 0. The summed E-state index contributed by atoms with van der Waals surface area (Å²) in [5.74, 6) is -0.859. The lowest BCUT2D eigenvalue weighted by molar-refractivity contribution is -0.155. The minimum Gasteiger partial charge on any atom is -0.479 e. The zero-order chi connectivity index (χ0) is 13.8. The number of urea groups is 1. The van der Waals surface area contributed by atoms with Crippen LogP contribution >= 0.6 is 0 Å². The molecule has 0 heterocycles. The Labute approximate surface area is 107 Å². The van der Waals surface area contributed by atoms with Gasteiger partial charge in [0.1, 0.15) is 0 Å². The summed E-state index contributed by atoms with van der Waals surface area (Å²) in [4.78, 5) is 22.2. The third-order valence-corrected chi connectivity index (χ3v) is 3.52. The van der Waals surface area contributed by atoms with Crippen LogP contribution in [0.1, 0.15) is 39.5 Å². The van der Waals surface area contributed by atoms with Crippen molar-refractivity contribution in [3.05, 3.63) is 0 Å². The Bertz CT molecular complexity index is 311. The Balaban J connectivity index is 2.31. The predicted molar refractivity (Wildman–Crippen MR) is 66.2 cm³/mol. The Kier molecular flexibility index (Phi) is 4.95. The van der Waals surface area contributed by atoms with E-state index in [0.717, 1.165) is 19.8 Å². The number of aliphatic hydroxyl groups is 1. The normalized spacial score (nSPS) is 21.1. The molecular weight excluding hydrogens is 236 g/mol. The molecule has 0 aromatic heterocycles. The first-order chi connectivity index (χ1) is 8.33. The molecule has 1 fully saturated rings. The van der Waals surface area contributed by atoms with E-state index in [1.165, 1.54) is 12.8 Å². The number of carboxylic acids is 1. The van der Waals surface area contributed by atoms with Crippen molar-refractivity contribution in [3.63, 3.8) is 0 Å². The van der Waals surface area contributed by atoms with Gasteiger partial charge in [-0.25, -0.2) is 9.59 Å². The monoisotopic (exact) mass is 258 g/mol. The second-order valence-corrected chi connectivity index (χ2v) is 5.24. The summed E-state index contributed by atoms with van der Waals surface area (Å²) >= 11 is 0. The minimum atomic E-state index is -1.94. The summed E-state index contributed by atoms with van der Waals surface area (Å²) in [7, 11) is 0. The third kappa shape index (κ3) is 4.18. The second kappa shape index (κ2) is 6.04. The van der Waals surface area contributed by atoms with Gasteiger partial charge in [0, 0.05) is 6.04 Å². The second-order valence-electron chi connectivity index (χ2n) is 5.24. The first kappa shape index (κ1) is 14.8. The van der Waals surface area contributed by atoms with Crippen molar-refractivity contribution in [2.45, 2.75) is 51.2 Å². The van der Waals surface area contributed by atoms with Crippen molar-refractivity contribution < 1.29 is 19.8 Å². The van der Waals surface area contributed by atoms with Crippen molar-refractivity contribution in [2.24, 2.45) is 5.92 Å². The number of carboxylic acid groups (broad SMARTS) is 1. The highest BCUT2D eigenvalue weighted by molar-refractivity contribution is 5.79. The van der Waals surface area contributed by atoms with Crippen molar-refractivity contribution in [2.75, 3.05) is 6.54 Å². The van der Waals surface area contributed by atoms with E-state index in [2.05, 4.69) is 10.6 Å². The number of nitrogens with one attached hydrogen (secondary N) is 2. The Hall–Kier alpha value is -1.30. The highest BCUT2D eigenvalue weighted by Crippen LogP contribution is 2.27. The number of rotatable bonds is 5. The summed E-state index contributed by atoms with van der Waals surface area (Å²) in [6, 6.07) is -0.363. The van der Waals surface area contributed by atoms with Crippen LogP contribution in [0.3, 0.4) is 0 Å². The van der Waals surface area contributed by atoms with E-state index >= 15 is 0 Å².